The molecule has 2 aliphatic rings. The summed E-state index contributed by atoms with van der Waals surface area (Å²) in [6.45, 7) is 0.225. The van der Waals surface area contributed by atoms with Gasteiger partial charge in [-0.15, -0.1) is 0 Å². The quantitative estimate of drug-likeness (QED) is 0.582. The van der Waals surface area contributed by atoms with Crippen molar-refractivity contribution in [2.24, 2.45) is 0 Å². The van der Waals surface area contributed by atoms with Gasteiger partial charge in [0.1, 0.15) is 0 Å². The molecule has 3 amide bonds. The number of nitrogens with one attached hydrogen (secondary N) is 1. The van der Waals surface area contributed by atoms with Gasteiger partial charge in [0.25, 0.3) is 11.6 Å². The van der Waals surface area contributed by atoms with Gasteiger partial charge in [-0.3, -0.25) is 19.8 Å². The first kappa shape index (κ1) is 18.2. The van der Waals surface area contributed by atoms with Crippen LogP contribution in [-0.4, -0.2) is 35.4 Å². The Balaban J connectivity index is 1.71. The van der Waals surface area contributed by atoms with E-state index >= 15 is 0 Å². The maximum absolute atomic E-state index is 13.2. The van der Waals surface area contributed by atoms with Crippen LogP contribution >= 0.6 is 15.9 Å². The van der Waals surface area contributed by atoms with Crippen molar-refractivity contribution in [2.45, 2.75) is 6.04 Å². The SMILES string of the molecule is CN1C(=O)N[C@@H](c2ccc(Br)cc2)C2=C1CN(c1ccc([N+](=O)[O-])cc1)C2=O. The van der Waals surface area contributed by atoms with E-state index in [4.69, 9.17) is 0 Å². The summed E-state index contributed by atoms with van der Waals surface area (Å²) in [5.41, 5.74) is 2.43. The summed E-state index contributed by atoms with van der Waals surface area (Å²) in [7, 11) is 1.62. The zero-order valence-corrected chi connectivity index (χ0v) is 16.3. The minimum Gasteiger partial charge on any atom is -0.327 e. The van der Waals surface area contributed by atoms with Crippen LogP contribution < -0.4 is 10.2 Å². The van der Waals surface area contributed by atoms with Crippen molar-refractivity contribution in [2.75, 3.05) is 18.5 Å². The molecular formula is C19H15BrN4O4. The number of carbonyl (C=O) groups is 2. The molecule has 0 saturated heterocycles. The van der Waals surface area contributed by atoms with Crippen molar-refractivity contribution in [1.29, 1.82) is 0 Å². The Morgan fingerprint density at radius 1 is 1.11 bits per heavy atom. The lowest BCUT2D eigenvalue weighted by Gasteiger charge is -2.31. The summed E-state index contributed by atoms with van der Waals surface area (Å²) in [6.07, 6.45) is 0. The minimum absolute atomic E-state index is 0.0465. The third kappa shape index (κ3) is 2.93. The lowest BCUT2D eigenvalue weighted by Crippen LogP contribution is -2.45. The van der Waals surface area contributed by atoms with Crippen LogP contribution in [0.25, 0.3) is 0 Å². The summed E-state index contributed by atoms with van der Waals surface area (Å²) in [5.74, 6) is -0.233. The normalized spacial score (nSPS) is 19.0. The average molecular weight is 443 g/mol. The van der Waals surface area contributed by atoms with Gasteiger partial charge in [-0.05, 0) is 29.8 Å². The number of rotatable bonds is 3. The Hall–Kier alpha value is -3.20. The van der Waals surface area contributed by atoms with Crippen molar-refractivity contribution in [3.05, 3.63) is 80.0 Å². The maximum Gasteiger partial charge on any atom is 0.322 e. The highest BCUT2D eigenvalue weighted by Gasteiger charge is 2.43. The third-order valence-corrected chi connectivity index (χ3v) is 5.46. The third-order valence-electron chi connectivity index (χ3n) is 4.94. The van der Waals surface area contributed by atoms with E-state index in [0.29, 0.717) is 17.0 Å². The van der Waals surface area contributed by atoms with Gasteiger partial charge in [-0.1, -0.05) is 28.1 Å². The predicted molar refractivity (Wildman–Crippen MR) is 106 cm³/mol. The fourth-order valence-electron chi connectivity index (χ4n) is 3.44. The minimum atomic E-state index is -0.553. The Labute approximate surface area is 168 Å². The van der Waals surface area contributed by atoms with Gasteiger partial charge >= 0.3 is 6.03 Å². The number of amides is 3. The van der Waals surface area contributed by atoms with Crippen LogP contribution in [-0.2, 0) is 4.79 Å². The van der Waals surface area contributed by atoms with Crippen LogP contribution in [0.15, 0.2) is 64.3 Å². The molecule has 8 nitrogen and oxygen atoms in total. The molecule has 9 heteroatoms. The number of nitro groups is 1. The number of non-ortho nitro benzene ring substituents is 1. The monoisotopic (exact) mass is 442 g/mol. The van der Waals surface area contributed by atoms with E-state index in [9.17, 15) is 19.7 Å². The van der Waals surface area contributed by atoms with E-state index in [1.54, 1.807) is 19.2 Å². The second-order valence-electron chi connectivity index (χ2n) is 6.52. The summed E-state index contributed by atoms with van der Waals surface area (Å²) in [4.78, 5) is 39.0. The van der Waals surface area contributed by atoms with E-state index in [1.165, 1.54) is 21.9 Å². The number of halogens is 1. The van der Waals surface area contributed by atoms with Crippen molar-refractivity contribution in [3.63, 3.8) is 0 Å². The molecule has 142 valence electrons. The molecule has 4 rings (SSSR count). The highest BCUT2D eigenvalue weighted by atomic mass is 79.9. The molecule has 2 aromatic carbocycles. The molecule has 2 heterocycles. The topological polar surface area (TPSA) is 95.8 Å². The van der Waals surface area contributed by atoms with Crippen LogP contribution in [0.2, 0.25) is 0 Å². The molecule has 0 unspecified atom stereocenters. The van der Waals surface area contributed by atoms with Crippen LogP contribution in [0.3, 0.4) is 0 Å². The number of hydrogen-bond acceptors (Lipinski definition) is 4. The van der Waals surface area contributed by atoms with Gasteiger partial charge in [0.2, 0.25) is 0 Å². The van der Waals surface area contributed by atoms with Crippen LogP contribution in [0.5, 0.6) is 0 Å². The molecule has 1 N–H and O–H groups in total. The van der Waals surface area contributed by atoms with E-state index in [-0.39, 0.29) is 24.2 Å². The Bertz CT molecular complexity index is 1020. The highest BCUT2D eigenvalue weighted by Crippen LogP contribution is 2.38. The molecule has 0 aliphatic carbocycles. The summed E-state index contributed by atoms with van der Waals surface area (Å²) in [6, 6.07) is 12.4. The van der Waals surface area contributed by atoms with Crippen LogP contribution in [0.1, 0.15) is 11.6 Å². The van der Waals surface area contributed by atoms with Gasteiger partial charge < -0.3 is 10.2 Å². The van der Waals surface area contributed by atoms with Crippen molar-refractivity contribution < 1.29 is 14.5 Å². The van der Waals surface area contributed by atoms with Crippen LogP contribution in [0.4, 0.5) is 16.2 Å². The fraction of sp³-hybridized carbons (Fsp3) is 0.158. The number of benzene rings is 2. The second kappa shape index (κ2) is 6.75. The van der Waals surface area contributed by atoms with Gasteiger partial charge in [0, 0.05) is 29.3 Å². The molecular weight excluding hydrogens is 428 g/mol. The average Bonchev–Trinajstić information content (AvgIpc) is 3.03. The molecule has 0 radical (unpaired) electrons. The van der Waals surface area contributed by atoms with Gasteiger partial charge in [0.15, 0.2) is 0 Å². The number of anilines is 1. The number of nitro benzene ring substituents is 1. The molecule has 0 spiro atoms. The molecule has 0 saturated carbocycles. The number of urea groups is 1. The zero-order chi connectivity index (χ0) is 20.0. The summed E-state index contributed by atoms with van der Waals surface area (Å²) < 4.78 is 0.898. The molecule has 0 aromatic heterocycles. The Morgan fingerprint density at radius 3 is 2.36 bits per heavy atom. The molecule has 28 heavy (non-hydrogen) atoms. The first-order valence-corrected chi connectivity index (χ1v) is 9.25. The lowest BCUT2D eigenvalue weighted by atomic mass is 9.96. The molecule has 1 atom stereocenters. The standard InChI is InChI=1S/C19H15BrN4O4/c1-22-15-10-23(13-6-8-14(9-7-13)24(27)28)18(25)16(15)17(21-19(22)26)11-2-4-12(20)5-3-11/h2-9,17H,10H2,1H3,(H,21,26)/t17-/m0/s1. The van der Waals surface area contributed by atoms with E-state index in [1.807, 2.05) is 24.3 Å². The summed E-state index contributed by atoms with van der Waals surface area (Å²) >= 11 is 3.38. The maximum atomic E-state index is 13.2. The van der Waals surface area contributed by atoms with E-state index in [2.05, 4.69) is 21.2 Å². The highest BCUT2D eigenvalue weighted by molar-refractivity contribution is 9.10. The first-order chi connectivity index (χ1) is 13.4. The van der Waals surface area contributed by atoms with Gasteiger partial charge in [-0.25, -0.2) is 4.79 Å². The number of nitrogens with zero attached hydrogens (tertiary/aromatic N) is 3. The number of carbonyl (C=O) groups excluding carboxylic acids is 2. The Morgan fingerprint density at radius 2 is 1.75 bits per heavy atom. The van der Waals surface area contributed by atoms with Crippen molar-refractivity contribution in [3.8, 4) is 0 Å². The Kier molecular flexibility index (Phi) is 4.38. The van der Waals surface area contributed by atoms with E-state index in [0.717, 1.165) is 10.0 Å². The van der Waals surface area contributed by atoms with E-state index < -0.39 is 11.0 Å². The van der Waals surface area contributed by atoms with Crippen molar-refractivity contribution >= 4 is 39.2 Å². The molecule has 2 aliphatic heterocycles. The second-order valence-corrected chi connectivity index (χ2v) is 7.43. The largest absolute Gasteiger partial charge is 0.327 e. The molecule has 0 bridgehead atoms. The van der Waals surface area contributed by atoms with Gasteiger partial charge in [-0.2, -0.15) is 0 Å². The lowest BCUT2D eigenvalue weighted by molar-refractivity contribution is -0.384. The summed E-state index contributed by atoms with van der Waals surface area (Å²) in [5, 5.41) is 13.7. The number of hydrogen-bond donors (Lipinski definition) is 1. The number of likely N-dealkylation sites (N-methyl/N-ethyl adjacent to an activating group) is 1. The van der Waals surface area contributed by atoms with Crippen molar-refractivity contribution in [1.82, 2.24) is 10.2 Å². The predicted octanol–water partition coefficient (Wildman–Crippen LogP) is 3.35. The van der Waals surface area contributed by atoms with Crippen LogP contribution in [0, 0.1) is 10.1 Å². The first-order valence-electron chi connectivity index (χ1n) is 8.46. The molecule has 2 aromatic rings. The smallest absolute Gasteiger partial charge is 0.322 e. The van der Waals surface area contributed by atoms with Gasteiger partial charge in [0.05, 0.1) is 28.8 Å². The zero-order valence-electron chi connectivity index (χ0n) is 14.8. The fourth-order valence-corrected chi connectivity index (χ4v) is 3.70. The molecule has 0 fully saturated rings.